The van der Waals surface area contributed by atoms with E-state index in [0.717, 1.165) is 39.9 Å². The van der Waals surface area contributed by atoms with Crippen LogP contribution in [0.5, 0.6) is 11.5 Å². The maximum Gasteiger partial charge on any atom is 0.231 e. The molecule has 0 aliphatic carbocycles. The van der Waals surface area contributed by atoms with Crippen LogP contribution in [0.1, 0.15) is 11.5 Å². The van der Waals surface area contributed by atoms with Gasteiger partial charge < -0.3 is 9.47 Å². The minimum Gasteiger partial charge on any atom is -0.454 e. The van der Waals surface area contributed by atoms with E-state index in [9.17, 15) is 0 Å². The van der Waals surface area contributed by atoms with Crippen LogP contribution in [0.3, 0.4) is 0 Å². The fourth-order valence-corrected chi connectivity index (χ4v) is 2.66. The van der Waals surface area contributed by atoms with Gasteiger partial charge in [-0.1, -0.05) is 0 Å². The van der Waals surface area contributed by atoms with Crippen molar-refractivity contribution in [3.63, 3.8) is 0 Å². The molecule has 0 amide bonds. The van der Waals surface area contributed by atoms with Crippen molar-refractivity contribution in [2.24, 2.45) is 0 Å². The molecule has 0 unspecified atom stereocenters. The van der Waals surface area contributed by atoms with Gasteiger partial charge in [-0.3, -0.25) is 4.57 Å². The van der Waals surface area contributed by atoms with Crippen LogP contribution in [0.4, 0.5) is 0 Å². The third-order valence-corrected chi connectivity index (χ3v) is 3.69. The third kappa shape index (κ3) is 1.93. The second kappa shape index (κ2) is 4.63. The van der Waals surface area contributed by atoms with Crippen molar-refractivity contribution in [2.75, 3.05) is 6.79 Å². The van der Waals surface area contributed by atoms with Crippen LogP contribution in [0.15, 0.2) is 30.3 Å². The van der Waals surface area contributed by atoms with Crippen LogP contribution >= 0.6 is 11.6 Å². The number of nitrogens with zero attached hydrogens (tertiary/aromatic N) is 3. The first-order chi connectivity index (χ1) is 10.3. The predicted octanol–water partition coefficient (Wildman–Crippen LogP) is 3.20. The van der Waals surface area contributed by atoms with Gasteiger partial charge >= 0.3 is 0 Å². The monoisotopic (exact) mass is 301 g/mol. The van der Waals surface area contributed by atoms with Crippen molar-refractivity contribution < 1.29 is 9.47 Å². The Morgan fingerprint density at radius 3 is 2.86 bits per heavy atom. The van der Waals surface area contributed by atoms with Crippen molar-refractivity contribution in [1.29, 1.82) is 0 Å². The van der Waals surface area contributed by atoms with E-state index in [2.05, 4.69) is 9.97 Å². The van der Waals surface area contributed by atoms with E-state index < -0.39 is 0 Å². The number of hydrogen-bond donors (Lipinski definition) is 0. The number of fused-ring (bicyclic) bond motifs is 2. The molecule has 2 aromatic heterocycles. The molecule has 6 heteroatoms. The Morgan fingerprint density at radius 1 is 1.14 bits per heavy atom. The molecule has 1 aliphatic heterocycles. The van der Waals surface area contributed by atoms with Gasteiger partial charge in [-0.05, 0) is 31.2 Å². The molecule has 0 radical (unpaired) electrons. The zero-order chi connectivity index (χ0) is 14.4. The number of aromatic nitrogens is 3. The highest BCUT2D eigenvalue weighted by Gasteiger charge is 2.18. The van der Waals surface area contributed by atoms with Crippen molar-refractivity contribution in [1.82, 2.24) is 14.5 Å². The Kier molecular flexibility index (Phi) is 2.75. The summed E-state index contributed by atoms with van der Waals surface area (Å²) in [7, 11) is 0. The van der Waals surface area contributed by atoms with Crippen molar-refractivity contribution in [3.05, 3.63) is 41.9 Å². The molecular formula is C15H12ClN3O2. The molecular weight excluding hydrogens is 290 g/mol. The highest BCUT2D eigenvalue weighted by Crippen LogP contribution is 2.34. The van der Waals surface area contributed by atoms with Gasteiger partial charge in [-0.25, -0.2) is 9.97 Å². The van der Waals surface area contributed by atoms with Crippen LogP contribution < -0.4 is 9.47 Å². The summed E-state index contributed by atoms with van der Waals surface area (Å²) in [5, 5.41) is 0. The molecule has 106 valence electrons. The van der Waals surface area contributed by atoms with Crippen LogP contribution in [-0.2, 0) is 5.88 Å². The second-order valence-electron chi connectivity index (χ2n) is 4.83. The molecule has 0 bridgehead atoms. The van der Waals surface area contributed by atoms with Gasteiger partial charge in [0.2, 0.25) is 6.79 Å². The fraction of sp³-hybridized carbons (Fsp3) is 0.200. The van der Waals surface area contributed by atoms with E-state index in [4.69, 9.17) is 21.1 Å². The lowest BCUT2D eigenvalue weighted by molar-refractivity contribution is 0.174. The zero-order valence-electron chi connectivity index (χ0n) is 11.3. The van der Waals surface area contributed by atoms with Gasteiger partial charge in [0, 0.05) is 11.8 Å². The maximum absolute atomic E-state index is 6.04. The molecule has 0 saturated heterocycles. The summed E-state index contributed by atoms with van der Waals surface area (Å²) in [5.74, 6) is 2.54. The highest BCUT2D eigenvalue weighted by atomic mass is 35.5. The third-order valence-electron chi connectivity index (χ3n) is 3.45. The smallest absolute Gasteiger partial charge is 0.231 e. The molecule has 0 saturated carbocycles. The van der Waals surface area contributed by atoms with Gasteiger partial charge in [-0.15, -0.1) is 11.6 Å². The second-order valence-corrected chi connectivity index (χ2v) is 5.10. The predicted molar refractivity (Wildman–Crippen MR) is 79.3 cm³/mol. The lowest BCUT2D eigenvalue weighted by atomic mass is 10.2. The van der Waals surface area contributed by atoms with Crippen LogP contribution in [-0.4, -0.2) is 21.3 Å². The summed E-state index contributed by atoms with van der Waals surface area (Å²) < 4.78 is 12.7. The summed E-state index contributed by atoms with van der Waals surface area (Å²) in [5.41, 5.74) is 3.47. The minimum absolute atomic E-state index is 0.253. The molecule has 3 aromatic rings. The molecule has 0 atom stereocenters. The normalized spacial score (nSPS) is 13.0. The molecule has 5 nitrogen and oxygen atoms in total. The molecule has 21 heavy (non-hydrogen) atoms. The number of benzene rings is 1. The van der Waals surface area contributed by atoms with Gasteiger partial charge in [0.05, 0.1) is 11.6 Å². The number of pyridine rings is 1. The van der Waals surface area contributed by atoms with Crippen LogP contribution in [0, 0.1) is 6.92 Å². The number of hydrogen-bond acceptors (Lipinski definition) is 4. The average molecular weight is 302 g/mol. The molecule has 0 fully saturated rings. The van der Waals surface area contributed by atoms with E-state index in [1.54, 1.807) is 0 Å². The minimum atomic E-state index is 0.253. The fourth-order valence-electron chi connectivity index (χ4n) is 2.48. The molecule has 0 N–H and O–H groups in total. The number of aryl methyl sites for hydroxylation is 1. The van der Waals surface area contributed by atoms with Crippen molar-refractivity contribution in [2.45, 2.75) is 12.8 Å². The largest absolute Gasteiger partial charge is 0.454 e. The Labute approximate surface area is 126 Å². The Bertz CT molecular complexity index is 844. The summed E-state index contributed by atoms with van der Waals surface area (Å²) in [6.07, 6.45) is 0. The van der Waals surface area contributed by atoms with Crippen molar-refractivity contribution >= 4 is 22.8 Å². The van der Waals surface area contributed by atoms with Crippen LogP contribution in [0.25, 0.3) is 16.9 Å². The Balaban J connectivity index is 1.98. The summed E-state index contributed by atoms with van der Waals surface area (Å²) in [4.78, 5) is 9.12. The van der Waals surface area contributed by atoms with E-state index >= 15 is 0 Å². The first-order valence-corrected chi connectivity index (χ1v) is 7.10. The van der Waals surface area contributed by atoms with Gasteiger partial charge in [0.25, 0.3) is 0 Å². The number of alkyl halides is 1. The molecule has 3 heterocycles. The van der Waals surface area contributed by atoms with E-state index in [-0.39, 0.29) is 6.79 Å². The first kappa shape index (κ1) is 12.5. The molecule has 1 aliphatic rings. The molecule has 0 spiro atoms. The van der Waals surface area contributed by atoms with E-state index in [1.807, 2.05) is 41.8 Å². The lowest BCUT2D eigenvalue weighted by Gasteiger charge is -2.08. The highest BCUT2D eigenvalue weighted by molar-refractivity contribution is 6.16. The topological polar surface area (TPSA) is 49.2 Å². The average Bonchev–Trinajstić information content (AvgIpc) is 3.09. The number of ether oxygens (including phenoxy) is 2. The SMILES string of the molecule is Cc1ccc2nc(CCl)n(-c3ccc4c(c3)OCO4)c2n1. The van der Waals surface area contributed by atoms with Gasteiger partial charge in [-0.2, -0.15) is 0 Å². The molecule has 4 rings (SSSR count). The molecule has 1 aromatic carbocycles. The quantitative estimate of drug-likeness (QED) is 0.682. The van der Waals surface area contributed by atoms with Crippen LogP contribution in [0.2, 0.25) is 0 Å². The van der Waals surface area contributed by atoms with Gasteiger partial charge in [0.1, 0.15) is 11.3 Å². The van der Waals surface area contributed by atoms with E-state index in [0.29, 0.717) is 5.88 Å². The standard InChI is InChI=1S/C15H12ClN3O2/c1-9-2-4-11-15(17-9)19(14(7-16)18-11)10-3-5-12-13(6-10)21-8-20-12/h2-6H,7-8H2,1H3. The van der Waals surface area contributed by atoms with Crippen molar-refractivity contribution in [3.8, 4) is 17.2 Å². The maximum atomic E-state index is 6.04. The summed E-state index contributed by atoms with van der Waals surface area (Å²) >= 11 is 6.04. The lowest BCUT2D eigenvalue weighted by Crippen LogP contribution is -2.00. The Morgan fingerprint density at radius 2 is 2.00 bits per heavy atom. The Hall–Kier alpha value is -2.27. The first-order valence-electron chi connectivity index (χ1n) is 6.57. The number of halogens is 1. The van der Waals surface area contributed by atoms with E-state index in [1.165, 1.54) is 0 Å². The summed E-state index contributed by atoms with van der Waals surface area (Å²) in [6.45, 7) is 2.21. The number of imidazole rings is 1. The van der Waals surface area contributed by atoms with Gasteiger partial charge in [0.15, 0.2) is 17.1 Å². The number of rotatable bonds is 2. The summed E-state index contributed by atoms with van der Waals surface area (Å²) in [6, 6.07) is 9.66. The zero-order valence-corrected chi connectivity index (χ0v) is 12.1.